The highest BCUT2D eigenvalue weighted by Gasteiger charge is 2.22. The first-order chi connectivity index (χ1) is 10.3. The molecular formula is C16H18N2O3. The largest absolute Gasteiger partial charge is 0.491 e. The van der Waals surface area contributed by atoms with Gasteiger partial charge in [-0.25, -0.2) is 0 Å². The van der Waals surface area contributed by atoms with Crippen molar-refractivity contribution in [3.8, 4) is 5.75 Å². The summed E-state index contributed by atoms with van der Waals surface area (Å²) in [6, 6.07) is 9.08. The third-order valence-electron chi connectivity index (χ3n) is 3.42. The van der Waals surface area contributed by atoms with Crippen LogP contribution in [-0.2, 0) is 6.54 Å². The fourth-order valence-corrected chi connectivity index (χ4v) is 1.99. The summed E-state index contributed by atoms with van der Waals surface area (Å²) < 4.78 is 10.9. The smallest absolute Gasteiger partial charge is 0.259 e. The third-order valence-corrected chi connectivity index (χ3v) is 3.42. The molecule has 1 fully saturated rings. The lowest BCUT2D eigenvalue weighted by Gasteiger charge is -2.11. The Bertz CT molecular complexity index is 632. The number of carbonyl (C=O) groups is 1. The van der Waals surface area contributed by atoms with Gasteiger partial charge in [-0.05, 0) is 37.0 Å². The van der Waals surface area contributed by atoms with E-state index in [4.69, 9.17) is 14.9 Å². The number of nitrogens with one attached hydrogen (secondary N) is 1. The first-order valence-electron chi connectivity index (χ1n) is 7.07. The molecule has 0 radical (unpaired) electrons. The maximum absolute atomic E-state index is 12.2. The van der Waals surface area contributed by atoms with Gasteiger partial charge in [-0.15, -0.1) is 0 Å². The zero-order valence-corrected chi connectivity index (χ0v) is 11.7. The Hall–Kier alpha value is -2.27. The van der Waals surface area contributed by atoms with Crippen LogP contribution in [-0.4, -0.2) is 12.5 Å². The molecule has 5 nitrogen and oxygen atoms in total. The second kappa shape index (κ2) is 6.01. The maximum Gasteiger partial charge on any atom is 0.259 e. The summed E-state index contributed by atoms with van der Waals surface area (Å²) in [5, 5.41) is 2.84. The molecule has 1 heterocycles. The van der Waals surface area contributed by atoms with E-state index in [1.54, 1.807) is 6.07 Å². The Morgan fingerprint density at radius 2 is 2.19 bits per heavy atom. The fourth-order valence-electron chi connectivity index (χ4n) is 1.99. The number of hydrogen-bond donors (Lipinski definition) is 2. The molecule has 1 aromatic carbocycles. The molecular weight excluding hydrogens is 268 g/mol. The Morgan fingerprint density at radius 3 is 2.90 bits per heavy atom. The van der Waals surface area contributed by atoms with Gasteiger partial charge in [-0.2, -0.15) is 0 Å². The zero-order chi connectivity index (χ0) is 14.7. The topological polar surface area (TPSA) is 77.5 Å². The summed E-state index contributed by atoms with van der Waals surface area (Å²) in [4.78, 5) is 12.2. The molecule has 0 saturated heterocycles. The van der Waals surface area contributed by atoms with Crippen molar-refractivity contribution in [2.75, 3.05) is 11.9 Å². The normalized spacial score (nSPS) is 14.0. The molecule has 110 valence electrons. The minimum absolute atomic E-state index is 0.235. The summed E-state index contributed by atoms with van der Waals surface area (Å²) in [5.41, 5.74) is 6.59. The summed E-state index contributed by atoms with van der Waals surface area (Å²) in [6.07, 6.45) is 3.86. The molecule has 1 saturated carbocycles. The van der Waals surface area contributed by atoms with E-state index in [1.165, 1.54) is 19.1 Å². The predicted molar refractivity (Wildman–Crippen MR) is 79.2 cm³/mol. The Kier molecular flexibility index (Phi) is 3.92. The van der Waals surface area contributed by atoms with Gasteiger partial charge in [-0.3, -0.25) is 4.79 Å². The second-order valence-corrected chi connectivity index (χ2v) is 5.21. The summed E-state index contributed by atoms with van der Waals surface area (Å²) in [5.74, 6) is 1.70. The quantitative estimate of drug-likeness (QED) is 0.856. The van der Waals surface area contributed by atoms with Crippen LogP contribution in [0.4, 0.5) is 5.69 Å². The van der Waals surface area contributed by atoms with E-state index in [-0.39, 0.29) is 12.5 Å². The average molecular weight is 286 g/mol. The SMILES string of the molecule is NCc1cc(C(=O)Nc2ccccc2OCC2CC2)co1. The Balaban J connectivity index is 1.69. The van der Waals surface area contributed by atoms with E-state index >= 15 is 0 Å². The second-order valence-electron chi connectivity index (χ2n) is 5.21. The fraction of sp³-hybridized carbons (Fsp3) is 0.312. The van der Waals surface area contributed by atoms with Crippen molar-refractivity contribution in [1.29, 1.82) is 0 Å². The average Bonchev–Trinajstić information content (AvgIpc) is 3.21. The molecule has 21 heavy (non-hydrogen) atoms. The van der Waals surface area contributed by atoms with Gasteiger partial charge in [0.25, 0.3) is 5.91 Å². The lowest BCUT2D eigenvalue weighted by molar-refractivity contribution is 0.102. The molecule has 1 aliphatic rings. The monoisotopic (exact) mass is 286 g/mol. The van der Waals surface area contributed by atoms with Crippen LogP contribution in [0.15, 0.2) is 41.0 Å². The maximum atomic E-state index is 12.2. The number of benzene rings is 1. The molecule has 0 atom stereocenters. The van der Waals surface area contributed by atoms with E-state index in [0.29, 0.717) is 35.3 Å². The molecule has 0 bridgehead atoms. The van der Waals surface area contributed by atoms with E-state index in [9.17, 15) is 4.79 Å². The number of hydrogen-bond acceptors (Lipinski definition) is 4. The number of anilines is 1. The van der Waals surface area contributed by atoms with Crippen LogP contribution in [0.2, 0.25) is 0 Å². The number of nitrogens with two attached hydrogens (primary N) is 1. The lowest BCUT2D eigenvalue weighted by Crippen LogP contribution is -2.12. The molecule has 0 aliphatic heterocycles. The molecule has 3 rings (SSSR count). The molecule has 1 aliphatic carbocycles. The van der Waals surface area contributed by atoms with E-state index in [0.717, 1.165) is 0 Å². The standard InChI is InChI=1S/C16H18N2O3/c17-8-13-7-12(10-20-13)16(19)18-14-3-1-2-4-15(14)21-9-11-5-6-11/h1-4,7,10-11H,5-6,8-9,17H2,(H,18,19). The van der Waals surface area contributed by atoms with Crippen LogP contribution in [0, 0.1) is 5.92 Å². The van der Waals surface area contributed by atoms with Crippen LogP contribution < -0.4 is 15.8 Å². The van der Waals surface area contributed by atoms with Crippen molar-refractivity contribution in [3.63, 3.8) is 0 Å². The van der Waals surface area contributed by atoms with Gasteiger partial charge in [0.15, 0.2) is 0 Å². The van der Waals surface area contributed by atoms with Gasteiger partial charge in [0, 0.05) is 0 Å². The van der Waals surface area contributed by atoms with Gasteiger partial charge in [0.2, 0.25) is 0 Å². The van der Waals surface area contributed by atoms with Crippen LogP contribution in [0.25, 0.3) is 0 Å². The van der Waals surface area contributed by atoms with Gasteiger partial charge in [0.1, 0.15) is 17.8 Å². The molecule has 0 spiro atoms. The van der Waals surface area contributed by atoms with E-state index in [1.807, 2.05) is 24.3 Å². The third kappa shape index (κ3) is 3.44. The van der Waals surface area contributed by atoms with E-state index < -0.39 is 0 Å². The van der Waals surface area contributed by atoms with Crippen LogP contribution in [0.3, 0.4) is 0 Å². The number of rotatable bonds is 6. The number of furan rings is 1. The molecule has 1 aromatic heterocycles. The van der Waals surface area contributed by atoms with Gasteiger partial charge in [-0.1, -0.05) is 12.1 Å². The highest BCUT2D eigenvalue weighted by atomic mass is 16.5. The highest BCUT2D eigenvalue weighted by Crippen LogP contribution is 2.31. The zero-order valence-electron chi connectivity index (χ0n) is 11.7. The van der Waals surface area contributed by atoms with Crippen molar-refractivity contribution in [3.05, 3.63) is 47.9 Å². The predicted octanol–water partition coefficient (Wildman–Crippen LogP) is 2.78. The molecule has 5 heteroatoms. The molecule has 0 unspecified atom stereocenters. The van der Waals surface area contributed by atoms with Crippen molar-refractivity contribution in [1.82, 2.24) is 0 Å². The number of carbonyl (C=O) groups excluding carboxylic acids is 1. The summed E-state index contributed by atoms with van der Waals surface area (Å²) in [7, 11) is 0. The molecule has 2 aromatic rings. The van der Waals surface area contributed by atoms with Crippen LogP contribution >= 0.6 is 0 Å². The lowest BCUT2D eigenvalue weighted by atomic mass is 10.2. The van der Waals surface area contributed by atoms with E-state index in [2.05, 4.69) is 5.32 Å². The van der Waals surface area contributed by atoms with Crippen LogP contribution in [0.5, 0.6) is 5.75 Å². The Labute approximate surface area is 123 Å². The van der Waals surface area contributed by atoms with Crippen LogP contribution in [0.1, 0.15) is 29.0 Å². The number of amides is 1. The molecule has 3 N–H and O–H groups in total. The summed E-state index contributed by atoms with van der Waals surface area (Å²) >= 11 is 0. The van der Waals surface area contributed by atoms with Gasteiger partial charge in [0.05, 0.1) is 24.4 Å². The van der Waals surface area contributed by atoms with Gasteiger partial charge >= 0.3 is 0 Å². The number of ether oxygens (including phenoxy) is 1. The van der Waals surface area contributed by atoms with Crippen molar-refractivity contribution in [2.24, 2.45) is 11.7 Å². The number of para-hydroxylation sites is 2. The minimum Gasteiger partial charge on any atom is -0.491 e. The summed E-state index contributed by atoms with van der Waals surface area (Å²) in [6.45, 7) is 0.976. The first-order valence-corrected chi connectivity index (χ1v) is 7.07. The first kappa shape index (κ1) is 13.7. The molecule has 1 amide bonds. The van der Waals surface area contributed by atoms with Gasteiger partial charge < -0.3 is 20.2 Å². The Morgan fingerprint density at radius 1 is 1.38 bits per heavy atom. The van der Waals surface area contributed by atoms with Crippen molar-refractivity contribution in [2.45, 2.75) is 19.4 Å². The highest BCUT2D eigenvalue weighted by molar-refractivity contribution is 6.04. The van der Waals surface area contributed by atoms with Crippen molar-refractivity contribution >= 4 is 11.6 Å². The van der Waals surface area contributed by atoms with Crippen molar-refractivity contribution < 1.29 is 13.9 Å². The minimum atomic E-state index is -0.235.